The first-order chi connectivity index (χ1) is 8.58. The van der Waals surface area contributed by atoms with E-state index in [9.17, 15) is 5.11 Å². The molecule has 0 aliphatic rings. The van der Waals surface area contributed by atoms with Crippen LogP contribution in [0.15, 0.2) is 29.0 Å². The molecule has 2 rings (SSSR count). The summed E-state index contributed by atoms with van der Waals surface area (Å²) in [7, 11) is 1.90. The summed E-state index contributed by atoms with van der Waals surface area (Å²) in [5.74, 6) is 0. The molecule has 1 unspecified atom stereocenters. The Morgan fingerprint density at radius 2 is 2.00 bits per heavy atom. The fourth-order valence-corrected chi connectivity index (χ4v) is 2.49. The molecule has 2 aromatic heterocycles. The van der Waals surface area contributed by atoms with E-state index in [4.69, 9.17) is 0 Å². The van der Waals surface area contributed by atoms with Gasteiger partial charge in [0.05, 0.1) is 22.0 Å². The molecule has 2 heterocycles. The van der Waals surface area contributed by atoms with Gasteiger partial charge in [-0.05, 0) is 47.0 Å². The van der Waals surface area contributed by atoms with E-state index < -0.39 is 6.10 Å². The lowest BCUT2D eigenvalue weighted by Crippen LogP contribution is -2.16. The Labute approximate surface area is 115 Å². The molecule has 0 saturated carbocycles. The fraction of sp³-hybridized carbons (Fsp3) is 0.385. The zero-order valence-electron chi connectivity index (χ0n) is 10.5. The summed E-state index contributed by atoms with van der Waals surface area (Å²) in [6.07, 6.45) is 4.27. The van der Waals surface area contributed by atoms with Crippen molar-refractivity contribution >= 4 is 15.9 Å². The monoisotopic (exact) mass is 309 g/mol. The van der Waals surface area contributed by atoms with Gasteiger partial charge in [0.2, 0.25) is 0 Å². The molecule has 0 fully saturated rings. The summed E-state index contributed by atoms with van der Waals surface area (Å²) in [5.41, 5.74) is 3.06. The average molecular weight is 310 g/mol. The number of aromatic nitrogens is 3. The average Bonchev–Trinajstić information content (AvgIpc) is 2.57. The summed E-state index contributed by atoms with van der Waals surface area (Å²) in [6.45, 7) is 1.95. The summed E-state index contributed by atoms with van der Waals surface area (Å²) in [6, 6.07) is 3.85. The highest BCUT2D eigenvalue weighted by Crippen LogP contribution is 2.22. The van der Waals surface area contributed by atoms with Crippen LogP contribution < -0.4 is 0 Å². The number of hydrogen-bond donors (Lipinski definition) is 1. The quantitative estimate of drug-likeness (QED) is 0.940. The molecule has 0 radical (unpaired) electrons. The standard InChI is InChI=1S/C13H16BrN3O/c1-9-13(14)12(17(2)16-9)8-11(18)7-10-3-5-15-6-4-10/h3-6,11,18H,7-8H2,1-2H3. The van der Waals surface area contributed by atoms with Crippen LogP contribution in [-0.4, -0.2) is 26.0 Å². The number of hydrogen-bond acceptors (Lipinski definition) is 3. The molecule has 0 saturated heterocycles. The molecule has 96 valence electrons. The molecular weight excluding hydrogens is 294 g/mol. The van der Waals surface area contributed by atoms with E-state index >= 15 is 0 Å². The SMILES string of the molecule is Cc1nn(C)c(CC(O)Cc2ccncc2)c1Br. The van der Waals surface area contributed by atoms with Crippen LogP contribution >= 0.6 is 15.9 Å². The number of pyridine rings is 1. The number of rotatable bonds is 4. The van der Waals surface area contributed by atoms with Crippen LogP contribution in [0.5, 0.6) is 0 Å². The van der Waals surface area contributed by atoms with Gasteiger partial charge in [0.1, 0.15) is 0 Å². The van der Waals surface area contributed by atoms with Crippen LogP contribution in [0.25, 0.3) is 0 Å². The van der Waals surface area contributed by atoms with Crippen molar-refractivity contribution in [2.75, 3.05) is 0 Å². The topological polar surface area (TPSA) is 50.9 Å². The second-order valence-corrected chi connectivity index (χ2v) is 5.18. The van der Waals surface area contributed by atoms with E-state index in [1.54, 1.807) is 12.4 Å². The zero-order chi connectivity index (χ0) is 13.1. The molecule has 2 aromatic rings. The van der Waals surface area contributed by atoms with Crippen molar-refractivity contribution in [1.82, 2.24) is 14.8 Å². The second-order valence-electron chi connectivity index (χ2n) is 4.39. The maximum absolute atomic E-state index is 10.1. The fourth-order valence-electron chi connectivity index (χ4n) is 1.99. The third-order valence-electron chi connectivity index (χ3n) is 2.91. The maximum atomic E-state index is 10.1. The molecular formula is C13H16BrN3O. The van der Waals surface area contributed by atoms with E-state index in [1.165, 1.54) is 0 Å². The van der Waals surface area contributed by atoms with E-state index in [1.807, 2.05) is 30.8 Å². The van der Waals surface area contributed by atoms with Gasteiger partial charge in [-0.15, -0.1) is 0 Å². The van der Waals surface area contributed by atoms with Crippen molar-refractivity contribution in [3.63, 3.8) is 0 Å². The summed E-state index contributed by atoms with van der Waals surface area (Å²) < 4.78 is 2.80. The van der Waals surface area contributed by atoms with E-state index in [0.717, 1.165) is 21.4 Å². The molecule has 1 N–H and O–H groups in total. The Morgan fingerprint density at radius 3 is 2.56 bits per heavy atom. The third kappa shape index (κ3) is 2.97. The second kappa shape index (κ2) is 5.63. The van der Waals surface area contributed by atoms with Crippen LogP contribution in [-0.2, 0) is 19.9 Å². The summed E-state index contributed by atoms with van der Waals surface area (Å²) >= 11 is 3.51. The first-order valence-corrected chi connectivity index (χ1v) is 6.62. The highest BCUT2D eigenvalue weighted by Gasteiger charge is 2.15. The minimum absolute atomic E-state index is 0.418. The number of aliphatic hydroxyl groups excluding tert-OH is 1. The van der Waals surface area contributed by atoms with Gasteiger partial charge >= 0.3 is 0 Å². The predicted octanol–water partition coefficient (Wildman–Crippen LogP) is 2.03. The predicted molar refractivity (Wildman–Crippen MR) is 73.3 cm³/mol. The Morgan fingerprint density at radius 1 is 1.33 bits per heavy atom. The molecule has 0 aliphatic carbocycles. The minimum Gasteiger partial charge on any atom is -0.392 e. The molecule has 0 aromatic carbocycles. The summed E-state index contributed by atoms with van der Waals surface area (Å²) in [5, 5.41) is 14.5. The minimum atomic E-state index is -0.418. The van der Waals surface area contributed by atoms with Crippen molar-refractivity contribution in [2.45, 2.75) is 25.9 Å². The van der Waals surface area contributed by atoms with Crippen LogP contribution in [0.4, 0.5) is 0 Å². The summed E-state index contributed by atoms with van der Waals surface area (Å²) in [4.78, 5) is 3.96. The van der Waals surface area contributed by atoms with Crippen molar-refractivity contribution in [3.05, 3.63) is 46.0 Å². The Balaban J connectivity index is 2.05. The lowest BCUT2D eigenvalue weighted by atomic mass is 10.1. The first-order valence-electron chi connectivity index (χ1n) is 5.83. The van der Waals surface area contributed by atoms with Gasteiger partial charge in [-0.3, -0.25) is 9.67 Å². The Bertz CT molecular complexity index is 525. The molecule has 4 nitrogen and oxygen atoms in total. The highest BCUT2D eigenvalue weighted by atomic mass is 79.9. The normalized spacial score (nSPS) is 12.7. The molecule has 0 bridgehead atoms. The van der Waals surface area contributed by atoms with Crippen molar-refractivity contribution in [1.29, 1.82) is 0 Å². The van der Waals surface area contributed by atoms with Gasteiger partial charge in [0.25, 0.3) is 0 Å². The molecule has 5 heteroatoms. The molecule has 18 heavy (non-hydrogen) atoms. The van der Waals surface area contributed by atoms with Crippen LogP contribution in [0, 0.1) is 6.92 Å². The first kappa shape index (κ1) is 13.2. The van der Waals surface area contributed by atoms with Gasteiger partial charge in [0.15, 0.2) is 0 Å². The van der Waals surface area contributed by atoms with E-state index in [0.29, 0.717) is 12.8 Å². The number of halogens is 1. The van der Waals surface area contributed by atoms with Crippen LogP contribution in [0.3, 0.4) is 0 Å². The van der Waals surface area contributed by atoms with E-state index in [2.05, 4.69) is 26.0 Å². The third-order valence-corrected chi connectivity index (χ3v) is 3.94. The molecule has 1 atom stereocenters. The highest BCUT2D eigenvalue weighted by molar-refractivity contribution is 9.10. The van der Waals surface area contributed by atoms with Gasteiger partial charge < -0.3 is 5.11 Å². The van der Waals surface area contributed by atoms with Gasteiger partial charge in [-0.25, -0.2) is 0 Å². The van der Waals surface area contributed by atoms with Crippen molar-refractivity contribution in [3.8, 4) is 0 Å². The van der Waals surface area contributed by atoms with Gasteiger partial charge in [-0.2, -0.15) is 5.10 Å². The number of aliphatic hydroxyl groups is 1. The van der Waals surface area contributed by atoms with Crippen LogP contribution in [0.2, 0.25) is 0 Å². The van der Waals surface area contributed by atoms with Crippen molar-refractivity contribution < 1.29 is 5.11 Å². The maximum Gasteiger partial charge on any atom is 0.0738 e. The Kier molecular flexibility index (Phi) is 4.14. The molecule has 0 amide bonds. The van der Waals surface area contributed by atoms with Crippen LogP contribution in [0.1, 0.15) is 17.0 Å². The van der Waals surface area contributed by atoms with Crippen molar-refractivity contribution in [2.24, 2.45) is 7.05 Å². The lowest BCUT2D eigenvalue weighted by molar-refractivity contribution is 0.172. The van der Waals surface area contributed by atoms with Gasteiger partial charge in [-0.1, -0.05) is 0 Å². The smallest absolute Gasteiger partial charge is 0.0738 e. The number of aryl methyl sites for hydroxylation is 2. The number of nitrogens with zero attached hydrogens (tertiary/aromatic N) is 3. The zero-order valence-corrected chi connectivity index (χ0v) is 12.1. The van der Waals surface area contributed by atoms with E-state index in [-0.39, 0.29) is 0 Å². The lowest BCUT2D eigenvalue weighted by Gasteiger charge is -2.11. The molecule has 0 spiro atoms. The van der Waals surface area contributed by atoms with Gasteiger partial charge in [0, 0.05) is 25.9 Å². The Hall–Kier alpha value is -1.20. The largest absolute Gasteiger partial charge is 0.392 e. The molecule has 0 aliphatic heterocycles.